The summed E-state index contributed by atoms with van der Waals surface area (Å²) in [6.45, 7) is 5.42. The summed E-state index contributed by atoms with van der Waals surface area (Å²) < 4.78 is 0. The second-order valence-electron chi connectivity index (χ2n) is 6.70. The Morgan fingerprint density at radius 1 is 1.33 bits per heavy atom. The molecule has 8 nitrogen and oxygen atoms in total. The maximum absolute atomic E-state index is 12.8. The van der Waals surface area contributed by atoms with Gasteiger partial charge in [-0.2, -0.15) is 5.10 Å². The van der Waals surface area contributed by atoms with Crippen LogP contribution < -0.4 is 0 Å². The van der Waals surface area contributed by atoms with Gasteiger partial charge in [-0.15, -0.1) is 0 Å². The summed E-state index contributed by atoms with van der Waals surface area (Å²) in [5.74, 6) is -0.316. The van der Waals surface area contributed by atoms with Crippen LogP contribution in [0.3, 0.4) is 0 Å². The van der Waals surface area contributed by atoms with Crippen LogP contribution in [0.1, 0.15) is 55.2 Å². The Hall–Kier alpha value is -1.96. The maximum atomic E-state index is 12.8. The number of carbonyl (C=O) groups is 1. The summed E-state index contributed by atoms with van der Waals surface area (Å²) in [5.41, 5.74) is 0.259. The first-order valence-electron chi connectivity index (χ1n) is 8.86. The normalized spacial score (nSPS) is 22.0. The second-order valence-corrected chi connectivity index (χ2v) is 6.70. The van der Waals surface area contributed by atoms with Crippen molar-refractivity contribution in [2.24, 2.45) is 0 Å². The zero-order valence-electron chi connectivity index (χ0n) is 14.2. The van der Waals surface area contributed by atoms with E-state index in [4.69, 9.17) is 0 Å². The number of amides is 1. The molecule has 1 aromatic heterocycles. The molecule has 0 aromatic carbocycles. The van der Waals surface area contributed by atoms with Crippen LogP contribution in [0, 0.1) is 10.1 Å². The minimum absolute atomic E-state index is 0.0366. The number of H-pyrrole nitrogens is 1. The van der Waals surface area contributed by atoms with E-state index in [1.165, 1.54) is 12.8 Å². The van der Waals surface area contributed by atoms with Crippen molar-refractivity contribution in [1.29, 1.82) is 0 Å². The molecule has 132 valence electrons. The van der Waals surface area contributed by atoms with Crippen LogP contribution in [0.5, 0.6) is 0 Å². The van der Waals surface area contributed by atoms with Crippen molar-refractivity contribution in [1.82, 2.24) is 20.0 Å². The third kappa shape index (κ3) is 3.28. The van der Waals surface area contributed by atoms with Gasteiger partial charge in [0.25, 0.3) is 5.91 Å². The minimum Gasteiger partial charge on any atom is -0.335 e. The van der Waals surface area contributed by atoms with E-state index in [1.807, 2.05) is 6.92 Å². The zero-order valence-corrected chi connectivity index (χ0v) is 14.2. The highest BCUT2D eigenvalue weighted by atomic mass is 16.6. The highest BCUT2D eigenvalue weighted by molar-refractivity contribution is 5.96. The highest BCUT2D eigenvalue weighted by Gasteiger charge is 2.35. The van der Waals surface area contributed by atoms with Gasteiger partial charge in [0.1, 0.15) is 5.69 Å². The first-order valence-corrected chi connectivity index (χ1v) is 8.86. The predicted octanol–water partition coefficient (Wildman–Crippen LogP) is 1.97. The molecule has 1 unspecified atom stereocenters. The maximum Gasteiger partial charge on any atom is 0.322 e. The molecule has 1 atom stereocenters. The Morgan fingerprint density at radius 2 is 2.08 bits per heavy atom. The molecular weight excluding hydrogens is 310 g/mol. The summed E-state index contributed by atoms with van der Waals surface area (Å²) in [7, 11) is 0. The molecule has 3 heterocycles. The lowest BCUT2D eigenvalue weighted by molar-refractivity contribution is -0.385. The Bertz CT molecular complexity index is 609. The molecular formula is C16H25N5O3. The van der Waals surface area contributed by atoms with Crippen LogP contribution in [-0.2, 0) is 6.42 Å². The van der Waals surface area contributed by atoms with Crippen LogP contribution >= 0.6 is 0 Å². The predicted molar refractivity (Wildman–Crippen MR) is 89.0 cm³/mol. The number of piperidine rings is 1. The lowest BCUT2D eigenvalue weighted by Crippen LogP contribution is -2.49. The van der Waals surface area contributed by atoms with Crippen LogP contribution in [0.15, 0.2) is 0 Å². The Balaban J connectivity index is 1.77. The van der Waals surface area contributed by atoms with Gasteiger partial charge in [-0.3, -0.25) is 24.9 Å². The van der Waals surface area contributed by atoms with Gasteiger partial charge in [-0.1, -0.05) is 13.3 Å². The molecule has 1 amide bonds. The van der Waals surface area contributed by atoms with Gasteiger partial charge in [0.15, 0.2) is 0 Å². The SMILES string of the molecule is CCCc1[nH]nc(C(=O)N2CCCC(N3CCCC3)C2)c1[N+](=O)[O-]. The fourth-order valence-electron chi connectivity index (χ4n) is 3.84. The van der Waals surface area contributed by atoms with Crippen LogP contribution in [0.2, 0.25) is 0 Å². The van der Waals surface area contributed by atoms with E-state index < -0.39 is 4.92 Å². The number of hydrogen-bond donors (Lipinski definition) is 1. The number of hydrogen-bond acceptors (Lipinski definition) is 5. The number of aromatic amines is 1. The molecule has 2 aliphatic heterocycles. The van der Waals surface area contributed by atoms with Crippen LogP contribution in [-0.4, -0.2) is 63.0 Å². The molecule has 24 heavy (non-hydrogen) atoms. The van der Waals surface area contributed by atoms with Crippen LogP contribution in [0.25, 0.3) is 0 Å². The van der Waals surface area contributed by atoms with Gasteiger partial charge in [0.05, 0.1) is 4.92 Å². The smallest absolute Gasteiger partial charge is 0.322 e. The average Bonchev–Trinajstić information content (AvgIpc) is 3.24. The van der Waals surface area contributed by atoms with Gasteiger partial charge in [-0.25, -0.2) is 0 Å². The molecule has 0 saturated carbocycles. The van der Waals surface area contributed by atoms with Crippen molar-refractivity contribution in [2.45, 2.75) is 51.5 Å². The molecule has 0 radical (unpaired) electrons. The van der Waals surface area contributed by atoms with Crippen molar-refractivity contribution in [3.63, 3.8) is 0 Å². The number of carbonyl (C=O) groups excluding carboxylic acids is 1. The number of aromatic nitrogens is 2. The number of nitrogens with one attached hydrogen (secondary N) is 1. The number of rotatable bonds is 5. The summed E-state index contributed by atoms with van der Waals surface area (Å²) in [4.78, 5) is 27.9. The zero-order chi connectivity index (χ0) is 17.1. The number of likely N-dealkylation sites (tertiary alicyclic amines) is 2. The third-order valence-corrected chi connectivity index (χ3v) is 5.04. The molecule has 0 aliphatic carbocycles. The van der Waals surface area contributed by atoms with E-state index >= 15 is 0 Å². The van der Waals surface area contributed by atoms with Crippen LogP contribution in [0.4, 0.5) is 5.69 Å². The lowest BCUT2D eigenvalue weighted by Gasteiger charge is -2.37. The van der Waals surface area contributed by atoms with Gasteiger partial charge >= 0.3 is 5.69 Å². The minimum atomic E-state index is -0.483. The molecule has 0 bridgehead atoms. The van der Waals surface area contributed by atoms with E-state index in [1.54, 1.807) is 4.90 Å². The van der Waals surface area contributed by atoms with Gasteiger partial charge in [0, 0.05) is 19.1 Å². The summed E-state index contributed by atoms with van der Waals surface area (Å²) >= 11 is 0. The highest BCUT2D eigenvalue weighted by Crippen LogP contribution is 2.26. The fourth-order valence-corrected chi connectivity index (χ4v) is 3.84. The van der Waals surface area contributed by atoms with Crippen molar-refractivity contribution in [3.05, 3.63) is 21.5 Å². The van der Waals surface area contributed by atoms with E-state index in [9.17, 15) is 14.9 Å². The summed E-state index contributed by atoms with van der Waals surface area (Å²) in [5, 5.41) is 18.1. The molecule has 1 N–H and O–H groups in total. The standard InChI is InChI=1S/C16H25N5O3/c1-2-6-13-15(21(23)24)14(18-17-13)16(22)20-10-5-7-12(11-20)19-8-3-4-9-19/h12H,2-11H2,1H3,(H,17,18). The lowest BCUT2D eigenvalue weighted by atomic mass is 10.0. The van der Waals surface area contributed by atoms with Gasteiger partial charge < -0.3 is 4.90 Å². The van der Waals surface area contributed by atoms with Crippen molar-refractivity contribution in [2.75, 3.05) is 26.2 Å². The first-order chi connectivity index (χ1) is 11.6. The molecule has 0 spiro atoms. The topological polar surface area (TPSA) is 95.4 Å². The Labute approximate surface area is 141 Å². The van der Waals surface area contributed by atoms with Crippen molar-refractivity contribution < 1.29 is 9.72 Å². The number of aryl methyl sites for hydroxylation is 1. The number of nitro groups is 1. The number of nitrogens with zero attached hydrogens (tertiary/aromatic N) is 4. The molecule has 3 rings (SSSR count). The van der Waals surface area contributed by atoms with Gasteiger partial charge in [0.2, 0.25) is 5.69 Å². The fraction of sp³-hybridized carbons (Fsp3) is 0.750. The monoisotopic (exact) mass is 335 g/mol. The molecule has 1 aromatic rings. The van der Waals surface area contributed by atoms with Crippen molar-refractivity contribution >= 4 is 11.6 Å². The van der Waals surface area contributed by atoms with Crippen molar-refractivity contribution in [3.8, 4) is 0 Å². The molecule has 2 fully saturated rings. The molecule has 2 saturated heterocycles. The summed E-state index contributed by atoms with van der Waals surface area (Å²) in [6, 6.07) is 0.373. The first kappa shape index (κ1) is 16.9. The van der Waals surface area contributed by atoms with E-state index in [-0.39, 0.29) is 17.3 Å². The summed E-state index contributed by atoms with van der Waals surface area (Å²) in [6.07, 6.45) is 5.75. The largest absolute Gasteiger partial charge is 0.335 e. The quantitative estimate of drug-likeness (QED) is 0.655. The Morgan fingerprint density at radius 3 is 2.75 bits per heavy atom. The molecule has 2 aliphatic rings. The van der Waals surface area contributed by atoms with E-state index in [0.717, 1.165) is 32.4 Å². The Kier molecular flexibility index (Phi) is 5.13. The van der Waals surface area contributed by atoms with E-state index in [2.05, 4.69) is 15.1 Å². The van der Waals surface area contributed by atoms with E-state index in [0.29, 0.717) is 31.2 Å². The molecule has 8 heteroatoms. The third-order valence-electron chi connectivity index (χ3n) is 5.04. The second kappa shape index (κ2) is 7.29. The van der Waals surface area contributed by atoms with Gasteiger partial charge in [-0.05, 0) is 45.2 Å². The average molecular weight is 335 g/mol.